The smallest absolute Gasteiger partial charge is 0.222 e. The van der Waals surface area contributed by atoms with Crippen molar-refractivity contribution in [3.05, 3.63) is 36.5 Å². The molecular weight excluding hydrogens is 751 g/mol. The monoisotopic (exact) mass is 858 g/mol. The molecule has 0 radical (unpaired) electrons. The lowest BCUT2D eigenvalue weighted by Gasteiger charge is -2.21. The summed E-state index contributed by atoms with van der Waals surface area (Å²) in [5, 5.41) is 33.3. The van der Waals surface area contributed by atoms with Crippen LogP contribution in [0.4, 0.5) is 0 Å². The fraction of sp³-hybridized carbons (Fsp3) is 0.875. The van der Waals surface area contributed by atoms with Gasteiger partial charge in [0, 0.05) is 0 Å². The molecule has 0 aliphatic carbocycles. The molecule has 0 rings (SSSR count). The van der Waals surface area contributed by atoms with Crippen LogP contribution >= 0.6 is 0 Å². The molecule has 0 fully saturated rings. The van der Waals surface area contributed by atoms with Gasteiger partial charge in [0.15, 0.2) is 0 Å². The Balaban J connectivity index is 3.55. The van der Waals surface area contributed by atoms with E-state index >= 15 is 0 Å². The number of aliphatic hydroxyl groups is 3. The predicted octanol–water partition coefficient (Wildman–Crippen LogP) is 16.7. The Kier molecular flexibility index (Phi) is 50.0. The number of allylic oxidation sites excluding steroid dienone is 5. The van der Waals surface area contributed by atoms with E-state index in [1.54, 1.807) is 6.08 Å². The molecule has 1 amide bonds. The molecule has 0 heterocycles. The zero-order chi connectivity index (χ0) is 44.4. The van der Waals surface area contributed by atoms with Crippen LogP contribution in [-0.2, 0) is 4.79 Å². The SMILES string of the molecule is CCCCCCCCCCCC/C=C/CC/C=C/C(O)C(CO)NC(=O)CC(O)CCCCCCCCCCCCCCCC/C=C\CCCCCCCCCCCCCC. The molecule has 0 aliphatic rings. The molecule has 0 saturated heterocycles. The van der Waals surface area contributed by atoms with Crippen LogP contribution in [0.15, 0.2) is 36.5 Å². The largest absolute Gasteiger partial charge is 0.394 e. The van der Waals surface area contributed by atoms with Crippen molar-refractivity contribution in [2.75, 3.05) is 6.61 Å². The summed E-state index contributed by atoms with van der Waals surface area (Å²) < 4.78 is 0. The lowest BCUT2D eigenvalue weighted by molar-refractivity contribution is -0.124. The molecule has 0 aromatic heterocycles. The highest BCUT2D eigenvalue weighted by molar-refractivity contribution is 5.76. The van der Waals surface area contributed by atoms with Gasteiger partial charge in [-0.15, -0.1) is 0 Å². The number of aliphatic hydroxyl groups excluding tert-OH is 3. The quantitative estimate of drug-likeness (QED) is 0.0362. The van der Waals surface area contributed by atoms with Crippen molar-refractivity contribution in [2.24, 2.45) is 0 Å². The van der Waals surface area contributed by atoms with Gasteiger partial charge < -0.3 is 20.6 Å². The lowest BCUT2D eigenvalue weighted by atomic mass is 10.0. The van der Waals surface area contributed by atoms with E-state index in [2.05, 4.69) is 43.5 Å². The van der Waals surface area contributed by atoms with E-state index in [9.17, 15) is 20.1 Å². The second-order valence-electron chi connectivity index (χ2n) is 18.8. The summed E-state index contributed by atoms with van der Waals surface area (Å²) in [6, 6.07) is -0.760. The van der Waals surface area contributed by atoms with Gasteiger partial charge in [-0.3, -0.25) is 4.79 Å². The summed E-state index contributed by atoms with van der Waals surface area (Å²) in [7, 11) is 0. The summed E-state index contributed by atoms with van der Waals surface area (Å²) in [6.07, 6.45) is 66.2. The number of nitrogens with one attached hydrogen (secondary N) is 1. The Hall–Kier alpha value is -1.43. The highest BCUT2D eigenvalue weighted by Crippen LogP contribution is 2.17. The lowest BCUT2D eigenvalue weighted by Crippen LogP contribution is -2.45. The van der Waals surface area contributed by atoms with E-state index in [4.69, 9.17) is 0 Å². The van der Waals surface area contributed by atoms with E-state index in [-0.39, 0.29) is 18.9 Å². The molecule has 0 aliphatic heterocycles. The van der Waals surface area contributed by atoms with E-state index < -0.39 is 18.2 Å². The van der Waals surface area contributed by atoms with Gasteiger partial charge in [0.1, 0.15) is 0 Å². The predicted molar refractivity (Wildman–Crippen MR) is 268 cm³/mol. The third kappa shape index (κ3) is 47.9. The summed E-state index contributed by atoms with van der Waals surface area (Å²) >= 11 is 0. The minimum Gasteiger partial charge on any atom is -0.394 e. The van der Waals surface area contributed by atoms with Crippen molar-refractivity contribution in [3.63, 3.8) is 0 Å². The van der Waals surface area contributed by atoms with E-state index in [0.717, 1.165) is 32.1 Å². The minimum absolute atomic E-state index is 0.00762. The summed E-state index contributed by atoms with van der Waals surface area (Å²) in [5.41, 5.74) is 0. The first-order chi connectivity index (χ1) is 30.0. The Morgan fingerprint density at radius 2 is 0.705 bits per heavy atom. The van der Waals surface area contributed by atoms with Crippen LogP contribution in [-0.4, -0.2) is 46.1 Å². The molecule has 0 bridgehead atoms. The van der Waals surface area contributed by atoms with Crippen molar-refractivity contribution in [1.82, 2.24) is 5.32 Å². The average Bonchev–Trinajstić information content (AvgIpc) is 3.25. The van der Waals surface area contributed by atoms with E-state index in [1.807, 2.05) is 6.08 Å². The number of carbonyl (C=O) groups is 1. The number of hydrogen-bond donors (Lipinski definition) is 4. The molecule has 360 valence electrons. The number of hydrogen-bond acceptors (Lipinski definition) is 4. The molecule has 5 nitrogen and oxygen atoms in total. The minimum atomic E-state index is -0.951. The molecular formula is C56H107NO4. The maximum atomic E-state index is 12.5. The number of carbonyl (C=O) groups excluding carboxylic acids is 1. The first kappa shape index (κ1) is 59.6. The molecule has 61 heavy (non-hydrogen) atoms. The van der Waals surface area contributed by atoms with E-state index in [1.165, 1.54) is 231 Å². The Morgan fingerprint density at radius 3 is 1.05 bits per heavy atom. The summed E-state index contributed by atoms with van der Waals surface area (Å²) in [5.74, 6) is -0.322. The molecule has 4 N–H and O–H groups in total. The van der Waals surface area contributed by atoms with Crippen molar-refractivity contribution in [2.45, 2.75) is 308 Å². The third-order valence-electron chi connectivity index (χ3n) is 12.6. The van der Waals surface area contributed by atoms with Gasteiger partial charge in [0.2, 0.25) is 5.91 Å². The van der Waals surface area contributed by atoms with Crippen molar-refractivity contribution in [3.8, 4) is 0 Å². The van der Waals surface area contributed by atoms with Crippen LogP contribution in [0.25, 0.3) is 0 Å². The highest BCUT2D eigenvalue weighted by Gasteiger charge is 2.20. The second-order valence-corrected chi connectivity index (χ2v) is 18.8. The van der Waals surface area contributed by atoms with Crippen molar-refractivity contribution >= 4 is 5.91 Å². The number of rotatable bonds is 50. The highest BCUT2D eigenvalue weighted by atomic mass is 16.3. The van der Waals surface area contributed by atoms with Gasteiger partial charge in [-0.05, 0) is 57.8 Å². The molecule has 0 spiro atoms. The first-order valence-corrected chi connectivity index (χ1v) is 27.3. The Morgan fingerprint density at radius 1 is 0.410 bits per heavy atom. The fourth-order valence-corrected chi connectivity index (χ4v) is 8.47. The molecule has 3 atom stereocenters. The molecule has 0 aromatic rings. The normalized spacial score (nSPS) is 13.6. The summed E-state index contributed by atoms with van der Waals surface area (Å²) in [6.45, 7) is 4.22. The van der Waals surface area contributed by atoms with Gasteiger partial charge in [0.25, 0.3) is 0 Å². The standard InChI is InChI=1S/C56H107NO4/c1-3-5-7-9-11-13-15-17-19-21-22-23-24-25-26-27-28-29-30-31-32-33-34-35-37-39-41-43-45-47-49-53(59)51-56(61)57-54(52-58)55(60)50-48-46-44-42-40-38-36-20-18-16-14-12-10-8-6-4-2/h25-26,40,42,48,50,53-55,58-60H,3-24,27-39,41,43-47,49,51-52H2,1-2H3,(H,57,61)/b26-25-,42-40+,50-48+. The third-order valence-corrected chi connectivity index (χ3v) is 12.6. The first-order valence-electron chi connectivity index (χ1n) is 27.3. The summed E-state index contributed by atoms with van der Waals surface area (Å²) in [4.78, 5) is 12.5. The Labute approximate surface area is 381 Å². The van der Waals surface area contributed by atoms with Crippen LogP contribution in [0.3, 0.4) is 0 Å². The van der Waals surface area contributed by atoms with Gasteiger partial charge in [-0.25, -0.2) is 0 Å². The molecule has 3 unspecified atom stereocenters. The Bertz CT molecular complexity index is 947. The van der Waals surface area contributed by atoms with Gasteiger partial charge in [-0.2, -0.15) is 0 Å². The van der Waals surface area contributed by atoms with Crippen LogP contribution in [0.5, 0.6) is 0 Å². The number of amides is 1. The molecule has 5 heteroatoms. The zero-order valence-electron chi connectivity index (χ0n) is 41.1. The van der Waals surface area contributed by atoms with E-state index in [0.29, 0.717) is 6.42 Å². The van der Waals surface area contributed by atoms with Crippen molar-refractivity contribution in [1.29, 1.82) is 0 Å². The van der Waals surface area contributed by atoms with Crippen LogP contribution < -0.4 is 5.32 Å². The van der Waals surface area contributed by atoms with Gasteiger partial charge in [-0.1, -0.05) is 262 Å². The average molecular weight is 858 g/mol. The second kappa shape index (κ2) is 51.2. The molecule has 0 aromatic carbocycles. The van der Waals surface area contributed by atoms with Crippen LogP contribution in [0.1, 0.15) is 290 Å². The fourth-order valence-electron chi connectivity index (χ4n) is 8.47. The van der Waals surface area contributed by atoms with Gasteiger partial charge in [0.05, 0.1) is 31.3 Å². The van der Waals surface area contributed by atoms with Crippen LogP contribution in [0.2, 0.25) is 0 Å². The maximum Gasteiger partial charge on any atom is 0.222 e. The molecule has 0 saturated carbocycles. The maximum absolute atomic E-state index is 12.5. The topological polar surface area (TPSA) is 89.8 Å². The zero-order valence-corrected chi connectivity index (χ0v) is 41.1. The van der Waals surface area contributed by atoms with Gasteiger partial charge >= 0.3 is 0 Å². The van der Waals surface area contributed by atoms with Crippen LogP contribution in [0, 0.1) is 0 Å². The van der Waals surface area contributed by atoms with Crippen molar-refractivity contribution < 1.29 is 20.1 Å². The number of unbranched alkanes of at least 4 members (excludes halogenated alkanes) is 37.